The minimum atomic E-state index is -1.47. The lowest BCUT2D eigenvalue weighted by Crippen LogP contribution is -2.46. The van der Waals surface area contributed by atoms with Crippen molar-refractivity contribution in [3.05, 3.63) is 30.3 Å². The van der Waals surface area contributed by atoms with Gasteiger partial charge in [0.05, 0.1) is 14.2 Å². The van der Waals surface area contributed by atoms with Crippen LogP contribution in [0.3, 0.4) is 0 Å². The largest absolute Gasteiger partial charge is 0.393 e. The molecule has 0 radical (unpaired) electrons. The third-order valence-electron chi connectivity index (χ3n) is 5.54. The Kier molecular flexibility index (Phi) is 5.45. The van der Waals surface area contributed by atoms with Crippen LogP contribution in [0.2, 0.25) is 18.6 Å². The van der Waals surface area contributed by atoms with Crippen LogP contribution in [0.25, 0.3) is 0 Å². The summed E-state index contributed by atoms with van der Waals surface area (Å²) in [5, 5.41) is 12.1. The van der Waals surface area contributed by atoms with E-state index in [-0.39, 0.29) is 6.10 Å². The lowest BCUT2D eigenvalue weighted by atomic mass is 9.84. The molecule has 20 heavy (non-hydrogen) atoms. The first kappa shape index (κ1) is 15.8. The summed E-state index contributed by atoms with van der Waals surface area (Å²) < 4.78 is 0. The van der Waals surface area contributed by atoms with Gasteiger partial charge in [-0.3, -0.25) is 0 Å². The van der Waals surface area contributed by atoms with E-state index in [4.69, 9.17) is 0 Å². The Balaban J connectivity index is 1.97. The molecule has 2 rings (SSSR count). The van der Waals surface area contributed by atoms with Crippen molar-refractivity contribution in [3.63, 3.8) is 0 Å². The lowest BCUT2D eigenvalue weighted by Gasteiger charge is -2.35. The topological polar surface area (TPSA) is 20.2 Å². The Hall–Kier alpha value is -0.603. The van der Waals surface area contributed by atoms with Gasteiger partial charge in [0.25, 0.3) is 0 Å². The number of hydrogen-bond donors (Lipinski definition) is 1. The summed E-state index contributed by atoms with van der Waals surface area (Å²) in [6.07, 6.45) is 7.37. The number of rotatable bonds is 5. The van der Waals surface area contributed by atoms with Crippen molar-refractivity contribution in [1.82, 2.24) is 0 Å². The van der Waals surface area contributed by atoms with Crippen molar-refractivity contribution in [2.75, 3.05) is 0 Å². The third-order valence-corrected chi connectivity index (χ3v) is 10.1. The van der Waals surface area contributed by atoms with Crippen molar-refractivity contribution < 1.29 is 5.11 Å². The standard InChI is InChI=1S/C18H30OSi/c1-15(14-18(19)16-10-6-4-7-11-16)20(2,3)17-12-8-5-9-13-17/h5,8-9,12-13,15-16,18-19H,4,6-7,10-11,14H2,1-3H3/t15-,18+/m0/s1. The summed E-state index contributed by atoms with van der Waals surface area (Å²) >= 11 is 0. The van der Waals surface area contributed by atoms with Gasteiger partial charge in [0.2, 0.25) is 0 Å². The fraction of sp³-hybridized carbons (Fsp3) is 0.667. The molecule has 1 aliphatic rings. The molecule has 0 amide bonds. The van der Waals surface area contributed by atoms with Crippen molar-refractivity contribution in [1.29, 1.82) is 0 Å². The number of aliphatic hydroxyl groups is 1. The molecule has 1 nitrogen and oxygen atoms in total. The predicted octanol–water partition coefficient (Wildman–Crippen LogP) is 4.32. The SMILES string of the molecule is C[C@@H](C[C@@H](O)C1CCCCC1)[Si](C)(C)c1ccccc1. The smallest absolute Gasteiger partial charge is 0.0835 e. The van der Waals surface area contributed by atoms with E-state index in [1.807, 2.05) is 0 Å². The van der Waals surface area contributed by atoms with E-state index in [0.29, 0.717) is 11.5 Å². The van der Waals surface area contributed by atoms with Crippen LogP contribution in [-0.2, 0) is 0 Å². The molecule has 1 aromatic rings. The average Bonchev–Trinajstić information content (AvgIpc) is 2.49. The molecular formula is C18H30OSi. The van der Waals surface area contributed by atoms with E-state index < -0.39 is 8.07 Å². The molecule has 0 aromatic heterocycles. The van der Waals surface area contributed by atoms with E-state index in [2.05, 4.69) is 50.3 Å². The molecule has 0 unspecified atom stereocenters. The average molecular weight is 291 g/mol. The Morgan fingerprint density at radius 2 is 1.70 bits per heavy atom. The van der Waals surface area contributed by atoms with Crippen molar-refractivity contribution in [3.8, 4) is 0 Å². The fourth-order valence-electron chi connectivity index (χ4n) is 3.52. The summed E-state index contributed by atoms with van der Waals surface area (Å²) in [4.78, 5) is 0. The quantitative estimate of drug-likeness (QED) is 0.801. The zero-order chi connectivity index (χ0) is 14.6. The summed E-state index contributed by atoms with van der Waals surface area (Å²) in [5.41, 5.74) is 0.627. The van der Waals surface area contributed by atoms with Crippen LogP contribution in [-0.4, -0.2) is 19.3 Å². The maximum atomic E-state index is 10.6. The molecule has 1 N–H and O–H groups in total. The number of aliphatic hydroxyl groups excluding tert-OH is 1. The van der Waals surface area contributed by atoms with Crippen LogP contribution in [0.1, 0.15) is 45.4 Å². The molecule has 112 valence electrons. The molecule has 0 saturated heterocycles. The second-order valence-electron chi connectivity index (χ2n) is 7.19. The van der Waals surface area contributed by atoms with Crippen molar-refractivity contribution >= 4 is 13.3 Å². The molecule has 1 aliphatic carbocycles. The van der Waals surface area contributed by atoms with Crippen LogP contribution in [0.5, 0.6) is 0 Å². The maximum Gasteiger partial charge on any atom is 0.0835 e. The highest BCUT2D eigenvalue weighted by molar-refractivity contribution is 6.90. The Labute approximate surface area is 125 Å². The van der Waals surface area contributed by atoms with Crippen molar-refractivity contribution in [2.24, 2.45) is 5.92 Å². The molecule has 0 spiro atoms. The Bertz CT molecular complexity index is 395. The second kappa shape index (κ2) is 6.90. The first-order chi connectivity index (χ1) is 9.51. The van der Waals surface area contributed by atoms with Gasteiger partial charge in [-0.15, -0.1) is 0 Å². The minimum absolute atomic E-state index is 0.0826. The third kappa shape index (κ3) is 3.73. The molecular weight excluding hydrogens is 260 g/mol. The Morgan fingerprint density at radius 1 is 1.10 bits per heavy atom. The van der Waals surface area contributed by atoms with E-state index in [9.17, 15) is 5.11 Å². The van der Waals surface area contributed by atoms with E-state index in [0.717, 1.165) is 6.42 Å². The minimum Gasteiger partial charge on any atom is -0.393 e. The molecule has 1 fully saturated rings. The van der Waals surface area contributed by atoms with Gasteiger partial charge >= 0.3 is 0 Å². The number of benzene rings is 1. The monoisotopic (exact) mass is 290 g/mol. The van der Waals surface area contributed by atoms with Gasteiger partial charge in [-0.1, -0.05) is 74.8 Å². The zero-order valence-corrected chi connectivity index (χ0v) is 14.3. The van der Waals surface area contributed by atoms with Gasteiger partial charge in [0.15, 0.2) is 0 Å². The maximum absolute atomic E-state index is 10.6. The van der Waals surface area contributed by atoms with Crippen LogP contribution >= 0.6 is 0 Å². The highest BCUT2D eigenvalue weighted by atomic mass is 28.3. The zero-order valence-electron chi connectivity index (χ0n) is 13.3. The predicted molar refractivity (Wildman–Crippen MR) is 90.2 cm³/mol. The first-order valence-corrected chi connectivity index (χ1v) is 11.3. The fourth-order valence-corrected chi connectivity index (χ4v) is 5.97. The highest BCUT2D eigenvalue weighted by Gasteiger charge is 2.33. The van der Waals surface area contributed by atoms with E-state index in [1.165, 1.54) is 37.3 Å². The van der Waals surface area contributed by atoms with Gasteiger partial charge in [-0.25, -0.2) is 0 Å². The lowest BCUT2D eigenvalue weighted by molar-refractivity contribution is 0.0762. The molecule has 0 bridgehead atoms. The van der Waals surface area contributed by atoms with Gasteiger partial charge < -0.3 is 5.11 Å². The normalized spacial score (nSPS) is 20.6. The molecule has 2 heteroatoms. The van der Waals surface area contributed by atoms with Crippen LogP contribution in [0.4, 0.5) is 0 Å². The van der Waals surface area contributed by atoms with Crippen LogP contribution in [0, 0.1) is 5.92 Å². The van der Waals surface area contributed by atoms with E-state index >= 15 is 0 Å². The summed E-state index contributed by atoms with van der Waals surface area (Å²) in [6.45, 7) is 7.24. The van der Waals surface area contributed by atoms with Crippen molar-refractivity contribution in [2.45, 2.75) is 70.2 Å². The molecule has 0 aliphatic heterocycles. The second-order valence-corrected chi connectivity index (χ2v) is 12.2. The Morgan fingerprint density at radius 3 is 2.30 bits per heavy atom. The van der Waals surface area contributed by atoms with E-state index in [1.54, 1.807) is 0 Å². The highest BCUT2D eigenvalue weighted by Crippen LogP contribution is 2.33. The van der Waals surface area contributed by atoms with Crippen LogP contribution in [0.15, 0.2) is 30.3 Å². The summed E-state index contributed by atoms with van der Waals surface area (Å²) in [7, 11) is -1.47. The molecule has 1 aromatic carbocycles. The summed E-state index contributed by atoms with van der Waals surface area (Å²) in [5.74, 6) is 0.562. The van der Waals surface area contributed by atoms with Gasteiger partial charge in [-0.2, -0.15) is 0 Å². The first-order valence-electron chi connectivity index (χ1n) is 8.25. The van der Waals surface area contributed by atoms with Crippen LogP contribution < -0.4 is 5.19 Å². The molecule has 0 heterocycles. The van der Waals surface area contributed by atoms with Gasteiger partial charge in [-0.05, 0) is 30.7 Å². The summed E-state index contributed by atoms with van der Waals surface area (Å²) in [6, 6.07) is 10.9. The van der Waals surface area contributed by atoms with Gasteiger partial charge in [0, 0.05) is 0 Å². The number of hydrogen-bond acceptors (Lipinski definition) is 1. The van der Waals surface area contributed by atoms with Gasteiger partial charge in [0.1, 0.15) is 0 Å². The molecule has 1 saturated carbocycles. The molecule has 2 atom stereocenters.